The number of amides is 1. The molecule has 1 aromatic heterocycles. The Morgan fingerprint density at radius 1 is 1.00 bits per heavy atom. The van der Waals surface area contributed by atoms with E-state index in [1.165, 1.54) is 4.90 Å². The molecule has 0 saturated heterocycles. The maximum absolute atomic E-state index is 13.0. The second-order valence-electron chi connectivity index (χ2n) is 9.04. The number of ether oxygens (including phenoxy) is 1. The third-order valence-corrected chi connectivity index (χ3v) is 4.23. The van der Waals surface area contributed by atoms with E-state index in [-0.39, 0.29) is 11.7 Å². The van der Waals surface area contributed by atoms with E-state index in [0.717, 1.165) is 5.56 Å². The highest BCUT2D eigenvalue weighted by Gasteiger charge is 2.36. The molecule has 2 aromatic rings. The zero-order valence-electron chi connectivity index (χ0n) is 18.1. The van der Waals surface area contributed by atoms with Gasteiger partial charge in [-0.3, -0.25) is 9.59 Å². The molecule has 156 valence electrons. The maximum Gasteiger partial charge on any atom is 0.334 e. The monoisotopic (exact) mass is 399 g/mol. The van der Waals surface area contributed by atoms with Crippen LogP contribution in [0.2, 0.25) is 0 Å². The average Bonchev–Trinajstić information content (AvgIpc) is 3.08. The second-order valence-corrected chi connectivity index (χ2v) is 9.04. The largest absolute Gasteiger partial charge is 0.458 e. The van der Waals surface area contributed by atoms with Crippen LogP contribution in [0.5, 0.6) is 0 Å². The summed E-state index contributed by atoms with van der Waals surface area (Å²) in [7, 11) is 1.61. The highest BCUT2D eigenvalue weighted by molar-refractivity contribution is 5.88. The van der Waals surface area contributed by atoms with E-state index < -0.39 is 23.0 Å². The van der Waals surface area contributed by atoms with Crippen LogP contribution in [0, 0.1) is 5.41 Å². The Morgan fingerprint density at radius 3 is 2.03 bits per heavy atom. The van der Waals surface area contributed by atoms with Crippen LogP contribution in [-0.2, 0) is 14.3 Å². The molecule has 6 heteroatoms. The Balaban J connectivity index is 2.40. The molecule has 1 aromatic carbocycles. The molecule has 0 spiro atoms. The summed E-state index contributed by atoms with van der Waals surface area (Å²) >= 11 is 0. The van der Waals surface area contributed by atoms with Gasteiger partial charge in [0.2, 0.25) is 5.91 Å². The quantitative estimate of drug-likeness (QED) is 0.540. The second kappa shape index (κ2) is 8.23. The lowest BCUT2D eigenvalue weighted by Crippen LogP contribution is -2.43. The zero-order chi connectivity index (χ0) is 22.0. The van der Waals surface area contributed by atoms with Crippen molar-refractivity contribution < 1.29 is 23.5 Å². The highest BCUT2D eigenvalue weighted by Crippen LogP contribution is 2.30. The van der Waals surface area contributed by atoms with Crippen molar-refractivity contribution >= 4 is 18.2 Å². The molecule has 2 rings (SSSR count). The molecule has 1 unspecified atom stereocenters. The predicted octanol–water partition coefficient (Wildman–Crippen LogP) is 4.65. The van der Waals surface area contributed by atoms with Gasteiger partial charge >= 0.3 is 5.97 Å². The molecule has 0 fully saturated rings. The lowest BCUT2D eigenvalue weighted by molar-refractivity contribution is -0.166. The van der Waals surface area contributed by atoms with Crippen LogP contribution in [0.3, 0.4) is 0 Å². The van der Waals surface area contributed by atoms with Crippen LogP contribution in [-0.4, -0.2) is 35.7 Å². The van der Waals surface area contributed by atoms with Crippen LogP contribution in [0.1, 0.15) is 63.7 Å². The lowest BCUT2D eigenvalue weighted by atomic mass is 9.93. The van der Waals surface area contributed by atoms with Gasteiger partial charge in [0.25, 0.3) is 0 Å². The SMILES string of the molecule is CN(C(=O)C(C)(C)C)C(C(=O)OC(C)(C)C)c1ccc(-c2ccc(C=O)o2)cc1. The van der Waals surface area contributed by atoms with Gasteiger partial charge in [0, 0.05) is 18.0 Å². The molecule has 0 N–H and O–H groups in total. The standard InChI is InChI=1S/C23H29NO5/c1-22(2,3)21(27)24(7)19(20(26)29-23(4,5)6)16-10-8-15(9-11-16)18-13-12-17(14-25)28-18/h8-14,19H,1-7H3. The van der Waals surface area contributed by atoms with Crippen LogP contribution in [0.15, 0.2) is 40.8 Å². The minimum atomic E-state index is -0.878. The summed E-state index contributed by atoms with van der Waals surface area (Å²) in [6.45, 7) is 10.8. The summed E-state index contributed by atoms with van der Waals surface area (Å²) in [4.78, 5) is 38.1. The first-order chi connectivity index (χ1) is 13.3. The number of hydrogen-bond donors (Lipinski definition) is 0. The number of likely N-dealkylation sites (N-methyl/N-ethyl adjacent to an activating group) is 1. The van der Waals surface area contributed by atoms with E-state index >= 15 is 0 Å². The number of hydrogen-bond acceptors (Lipinski definition) is 5. The summed E-state index contributed by atoms with van der Waals surface area (Å²) < 4.78 is 11.0. The summed E-state index contributed by atoms with van der Waals surface area (Å²) in [5, 5.41) is 0. The molecule has 29 heavy (non-hydrogen) atoms. The first kappa shape index (κ1) is 22.4. The molecule has 0 aliphatic carbocycles. The smallest absolute Gasteiger partial charge is 0.334 e. The van der Waals surface area contributed by atoms with E-state index in [1.54, 1.807) is 64.2 Å². The van der Waals surface area contributed by atoms with Gasteiger partial charge in [0.15, 0.2) is 18.1 Å². The van der Waals surface area contributed by atoms with Gasteiger partial charge < -0.3 is 14.1 Å². The van der Waals surface area contributed by atoms with Crippen LogP contribution < -0.4 is 0 Å². The van der Waals surface area contributed by atoms with Crippen molar-refractivity contribution in [2.24, 2.45) is 5.41 Å². The molecule has 1 atom stereocenters. The van der Waals surface area contributed by atoms with E-state index in [1.807, 2.05) is 20.8 Å². The van der Waals surface area contributed by atoms with Crippen molar-refractivity contribution in [1.82, 2.24) is 4.90 Å². The first-order valence-corrected chi connectivity index (χ1v) is 9.49. The fourth-order valence-electron chi connectivity index (χ4n) is 2.92. The fraction of sp³-hybridized carbons (Fsp3) is 0.435. The molecule has 0 radical (unpaired) electrons. The van der Waals surface area contributed by atoms with E-state index in [4.69, 9.17) is 9.15 Å². The molecule has 6 nitrogen and oxygen atoms in total. The zero-order valence-corrected chi connectivity index (χ0v) is 18.1. The molecule has 1 amide bonds. The minimum Gasteiger partial charge on any atom is -0.458 e. The van der Waals surface area contributed by atoms with Crippen molar-refractivity contribution in [3.8, 4) is 11.3 Å². The Bertz CT molecular complexity index is 881. The first-order valence-electron chi connectivity index (χ1n) is 9.49. The number of aldehydes is 1. The van der Waals surface area contributed by atoms with Gasteiger partial charge in [-0.2, -0.15) is 0 Å². The number of nitrogens with zero attached hydrogens (tertiary/aromatic N) is 1. The van der Waals surface area contributed by atoms with E-state index in [9.17, 15) is 14.4 Å². The van der Waals surface area contributed by atoms with Crippen molar-refractivity contribution in [1.29, 1.82) is 0 Å². The van der Waals surface area contributed by atoms with Crippen LogP contribution in [0.25, 0.3) is 11.3 Å². The Hall–Kier alpha value is -2.89. The van der Waals surface area contributed by atoms with Gasteiger partial charge in [-0.05, 0) is 38.5 Å². The molecule has 1 heterocycles. The number of rotatable bonds is 5. The molecular formula is C23H29NO5. The van der Waals surface area contributed by atoms with Crippen molar-refractivity contribution in [2.75, 3.05) is 7.05 Å². The number of benzene rings is 1. The van der Waals surface area contributed by atoms with Crippen LogP contribution in [0.4, 0.5) is 0 Å². The van der Waals surface area contributed by atoms with Gasteiger partial charge in [-0.25, -0.2) is 4.79 Å². The molecule has 0 aliphatic heterocycles. The van der Waals surface area contributed by atoms with Crippen molar-refractivity contribution in [3.05, 3.63) is 47.7 Å². The Labute approximate surface area is 171 Å². The molecule has 0 bridgehead atoms. The third kappa shape index (κ3) is 5.56. The normalized spacial score (nSPS) is 12.9. The fourth-order valence-corrected chi connectivity index (χ4v) is 2.92. The third-order valence-electron chi connectivity index (χ3n) is 4.23. The topological polar surface area (TPSA) is 76.8 Å². The predicted molar refractivity (Wildman–Crippen MR) is 110 cm³/mol. The Kier molecular flexibility index (Phi) is 6.36. The van der Waals surface area contributed by atoms with Crippen molar-refractivity contribution in [2.45, 2.75) is 53.2 Å². The lowest BCUT2D eigenvalue weighted by Gasteiger charge is -2.33. The average molecular weight is 399 g/mol. The summed E-state index contributed by atoms with van der Waals surface area (Å²) in [5.74, 6) is 0.128. The number of furan rings is 1. The Morgan fingerprint density at radius 2 is 1.59 bits per heavy atom. The van der Waals surface area contributed by atoms with E-state index in [2.05, 4.69) is 0 Å². The molecule has 0 saturated carbocycles. The van der Waals surface area contributed by atoms with Crippen molar-refractivity contribution in [3.63, 3.8) is 0 Å². The molecular weight excluding hydrogens is 370 g/mol. The minimum absolute atomic E-state index is 0.168. The number of carbonyl (C=O) groups is 3. The number of carbonyl (C=O) groups excluding carboxylic acids is 3. The van der Waals surface area contributed by atoms with Gasteiger partial charge in [-0.15, -0.1) is 0 Å². The molecule has 0 aliphatic rings. The van der Waals surface area contributed by atoms with Gasteiger partial charge in [0.1, 0.15) is 11.4 Å². The summed E-state index contributed by atoms with van der Waals surface area (Å²) in [6, 6.07) is 9.52. The van der Waals surface area contributed by atoms with Gasteiger partial charge in [-0.1, -0.05) is 45.0 Å². The number of esters is 1. The maximum atomic E-state index is 13.0. The van der Waals surface area contributed by atoms with Crippen LogP contribution >= 0.6 is 0 Å². The van der Waals surface area contributed by atoms with Gasteiger partial charge in [0.05, 0.1) is 0 Å². The van der Waals surface area contributed by atoms with E-state index in [0.29, 0.717) is 17.6 Å². The summed E-state index contributed by atoms with van der Waals surface area (Å²) in [6.07, 6.45) is 0.642. The summed E-state index contributed by atoms with van der Waals surface area (Å²) in [5.41, 5.74) is 0.0640. The highest BCUT2D eigenvalue weighted by atomic mass is 16.6.